The minimum atomic E-state index is -0.445. The van der Waals surface area contributed by atoms with E-state index < -0.39 is 11.8 Å². The lowest BCUT2D eigenvalue weighted by molar-refractivity contribution is -0.119. The SMILES string of the molecule is O=C(COc1ccccc1)Nc1ccc(C(=O)c2ccccc2)cc1NC(=O)COc1ccccc1. The number of carbonyl (C=O) groups is 3. The van der Waals surface area contributed by atoms with Gasteiger partial charge in [-0.05, 0) is 42.5 Å². The van der Waals surface area contributed by atoms with Crippen LogP contribution in [-0.2, 0) is 9.59 Å². The summed E-state index contributed by atoms with van der Waals surface area (Å²) in [5.41, 5.74) is 1.47. The van der Waals surface area contributed by atoms with E-state index in [0.717, 1.165) is 0 Å². The first-order valence-electron chi connectivity index (χ1n) is 11.3. The molecular formula is C29H24N2O5. The monoisotopic (exact) mass is 480 g/mol. The fourth-order valence-electron chi connectivity index (χ4n) is 3.36. The summed E-state index contributed by atoms with van der Waals surface area (Å²) >= 11 is 0. The van der Waals surface area contributed by atoms with Crippen LogP contribution in [-0.4, -0.2) is 30.8 Å². The summed E-state index contributed by atoms with van der Waals surface area (Å²) in [7, 11) is 0. The Morgan fingerprint density at radius 3 is 1.53 bits per heavy atom. The standard InChI is InChI=1S/C29H24N2O5/c32-27(19-35-23-12-6-2-7-13-23)30-25-17-16-22(29(34)21-10-4-1-5-11-21)18-26(25)31-28(33)20-36-24-14-8-3-9-15-24/h1-18H,19-20H2,(H,30,32)(H,31,33). The molecule has 0 atom stereocenters. The summed E-state index contributed by atoms with van der Waals surface area (Å²) in [6.07, 6.45) is 0. The second-order valence-corrected chi connectivity index (χ2v) is 7.76. The van der Waals surface area contributed by atoms with Crippen molar-refractivity contribution in [1.29, 1.82) is 0 Å². The number of hydrogen-bond acceptors (Lipinski definition) is 5. The zero-order chi connectivity index (χ0) is 25.2. The number of benzene rings is 4. The third kappa shape index (κ3) is 6.80. The molecule has 0 radical (unpaired) electrons. The van der Waals surface area contributed by atoms with Crippen LogP contribution in [0.25, 0.3) is 0 Å². The Balaban J connectivity index is 1.49. The zero-order valence-electron chi connectivity index (χ0n) is 19.3. The molecule has 7 nitrogen and oxygen atoms in total. The Morgan fingerprint density at radius 2 is 1.00 bits per heavy atom. The lowest BCUT2D eigenvalue weighted by atomic mass is 10.0. The topological polar surface area (TPSA) is 93.7 Å². The van der Waals surface area contributed by atoms with Crippen molar-refractivity contribution < 1.29 is 23.9 Å². The van der Waals surface area contributed by atoms with Gasteiger partial charge in [-0.1, -0.05) is 66.7 Å². The number of anilines is 2. The van der Waals surface area contributed by atoms with Gasteiger partial charge in [-0.3, -0.25) is 14.4 Å². The molecule has 4 aromatic rings. The molecule has 0 unspecified atom stereocenters. The van der Waals surface area contributed by atoms with E-state index in [1.807, 2.05) is 18.2 Å². The molecule has 0 aliphatic rings. The smallest absolute Gasteiger partial charge is 0.262 e. The predicted octanol–water partition coefficient (Wildman–Crippen LogP) is 4.95. The Kier molecular flexibility index (Phi) is 8.07. The lowest BCUT2D eigenvalue weighted by Crippen LogP contribution is -2.24. The van der Waals surface area contributed by atoms with Gasteiger partial charge in [-0.25, -0.2) is 0 Å². The van der Waals surface area contributed by atoms with Crippen molar-refractivity contribution in [2.24, 2.45) is 0 Å². The highest BCUT2D eigenvalue weighted by Gasteiger charge is 2.16. The first-order valence-corrected chi connectivity index (χ1v) is 11.3. The quantitative estimate of drug-likeness (QED) is 0.313. The number of rotatable bonds is 10. The molecule has 0 bridgehead atoms. The second-order valence-electron chi connectivity index (χ2n) is 7.76. The minimum absolute atomic E-state index is 0.211. The molecule has 0 saturated carbocycles. The van der Waals surface area contributed by atoms with Crippen LogP contribution in [0.4, 0.5) is 11.4 Å². The van der Waals surface area contributed by atoms with Gasteiger partial charge in [-0.15, -0.1) is 0 Å². The number of para-hydroxylation sites is 2. The van der Waals surface area contributed by atoms with Crippen molar-refractivity contribution in [3.05, 3.63) is 120 Å². The first kappa shape index (κ1) is 24.2. The Hall–Kier alpha value is -4.91. The summed E-state index contributed by atoms with van der Waals surface area (Å²) in [4.78, 5) is 38.1. The molecule has 0 aliphatic carbocycles. The van der Waals surface area contributed by atoms with E-state index in [4.69, 9.17) is 9.47 Å². The molecule has 0 saturated heterocycles. The van der Waals surface area contributed by atoms with Gasteiger partial charge in [0.1, 0.15) is 11.5 Å². The molecule has 0 aliphatic heterocycles. The molecule has 7 heteroatoms. The highest BCUT2D eigenvalue weighted by atomic mass is 16.5. The molecule has 0 spiro atoms. The van der Waals surface area contributed by atoms with Gasteiger partial charge in [0, 0.05) is 11.1 Å². The Morgan fingerprint density at radius 1 is 0.528 bits per heavy atom. The van der Waals surface area contributed by atoms with E-state index in [0.29, 0.717) is 28.3 Å². The van der Waals surface area contributed by atoms with Crippen LogP contribution < -0.4 is 20.1 Å². The largest absolute Gasteiger partial charge is 0.484 e. The van der Waals surface area contributed by atoms with Gasteiger partial charge < -0.3 is 20.1 Å². The third-order valence-electron chi connectivity index (χ3n) is 5.09. The van der Waals surface area contributed by atoms with Crippen LogP contribution in [0.2, 0.25) is 0 Å². The number of ether oxygens (including phenoxy) is 2. The number of hydrogen-bond donors (Lipinski definition) is 2. The summed E-state index contributed by atoms with van der Waals surface area (Å²) < 4.78 is 11.0. The van der Waals surface area contributed by atoms with Crippen LogP contribution in [0.1, 0.15) is 15.9 Å². The molecule has 2 N–H and O–H groups in total. The van der Waals surface area contributed by atoms with Crippen molar-refractivity contribution >= 4 is 29.0 Å². The molecule has 4 rings (SSSR count). The zero-order valence-corrected chi connectivity index (χ0v) is 19.3. The van der Waals surface area contributed by atoms with E-state index in [1.54, 1.807) is 84.9 Å². The van der Waals surface area contributed by atoms with Crippen LogP contribution in [0, 0.1) is 0 Å². The number of carbonyl (C=O) groups excluding carboxylic acids is 3. The van der Waals surface area contributed by atoms with Crippen molar-refractivity contribution in [3.8, 4) is 11.5 Å². The average molecular weight is 481 g/mol. The van der Waals surface area contributed by atoms with E-state index in [1.165, 1.54) is 6.07 Å². The van der Waals surface area contributed by atoms with E-state index in [2.05, 4.69) is 10.6 Å². The number of amides is 2. The average Bonchev–Trinajstić information content (AvgIpc) is 2.93. The fourth-order valence-corrected chi connectivity index (χ4v) is 3.36. The lowest BCUT2D eigenvalue weighted by Gasteiger charge is -2.15. The normalized spacial score (nSPS) is 10.2. The molecule has 0 heterocycles. The summed E-state index contributed by atoms with van der Waals surface area (Å²) in [6, 6.07) is 31.4. The van der Waals surface area contributed by atoms with Crippen molar-refractivity contribution in [2.45, 2.75) is 0 Å². The first-order chi connectivity index (χ1) is 17.6. The van der Waals surface area contributed by atoms with Crippen molar-refractivity contribution in [2.75, 3.05) is 23.8 Å². The Bertz CT molecular complexity index is 1330. The maximum Gasteiger partial charge on any atom is 0.262 e. The molecule has 36 heavy (non-hydrogen) atoms. The third-order valence-corrected chi connectivity index (χ3v) is 5.09. The van der Waals surface area contributed by atoms with Gasteiger partial charge in [-0.2, -0.15) is 0 Å². The van der Waals surface area contributed by atoms with Gasteiger partial charge in [0.25, 0.3) is 11.8 Å². The van der Waals surface area contributed by atoms with Crippen LogP contribution >= 0.6 is 0 Å². The molecule has 4 aromatic carbocycles. The fraction of sp³-hybridized carbons (Fsp3) is 0.0690. The van der Waals surface area contributed by atoms with E-state index >= 15 is 0 Å². The second kappa shape index (κ2) is 12.0. The predicted molar refractivity (Wildman–Crippen MR) is 137 cm³/mol. The van der Waals surface area contributed by atoms with E-state index in [-0.39, 0.29) is 24.7 Å². The van der Waals surface area contributed by atoms with Gasteiger partial charge in [0.2, 0.25) is 0 Å². The molecule has 180 valence electrons. The molecule has 0 aromatic heterocycles. The van der Waals surface area contributed by atoms with E-state index in [9.17, 15) is 14.4 Å². The van der Waals surface area contributed by atoms with Gasteiger partial charge in [0.15, 0.2) is 19.0 Å². The van der Waals surface area contributed by atoms with Crippen LogP contribution in [0.3, 0.4) is 0 Å². The summed E-state index contributed by atoms with van der Waals surface area (Å²) in [5, 5.41) is 5.47. The van der Waals surface area contributed by atoms with Crippen molar-refractivity contribution in [3.63, 3.8) is 0 Å². The van der Waals surface area contributed by atoms with Crippen LogP contribution in [0.5, 0.6) is 11.5 Å². The summed E-state index contributed by atoms with van der Waals surface area (Å²) in [6.45, 7) is -0.468. The van der Waals surface area contributed by atoms with Crippen molar-refractivity contribution in [1.82, 2.24) is 0 Å². The molecular weight excluding hydrogens is 456 g/mol. The molecule has 0 fully saturated rings. The highest BCUT2D eigenvalue weighted by Crippen LogP contribution is 2.25. The minimum Gasteiger partial charge on any atom is -0.484 e. The van der Waals surface area contributed by atoms with Gasteiger partial charge >= 0.3 is 0 Å². The Labute approximate surface area is 208 Å². The maximum atomic E-state index is 12.9. The summed E-state index contributed by atoms with van der Waals surface area (Å²) in [5.74, 6) is 0.0310. The molecule has 2 amide bonds. The van der Waals surface area contributed by atoms with Gasteiger partial charge in [0.05, 0.1) is 11.4 Å². The number of ketones is 1. The number of nitrogens with one attached hydrogen (secondary N) is 2. The maximum absolute atomic E-state index is 12.9. The highest BCUT2D eigenvalue weighted by molar-refractivity contribution is 6.11. The van der Waals surface area contributed by atoms with Crippen LogP contribution in [0.15, 0.2) is 109 Å².